The highest BCUT2D eigenvalue weighted by atomic mass is 16.6. The molecule has 0 radical (unpaired) electrons. The van der Waals surface area contributed by atoms with Crippen molar-refractivity contribution in [3.8, 4) is 23.0 Å². The lowest BCUT2D eigenvalue weighted by atomic mass is 10.2. The number of nitrogens with two attached hydrogens (primary N) is 1. The molecule has 0 bridgehead atoms. The third-order valence-corrected chi connectivity index (χ3v) is 5.91. The second-order valence-electron chi connectivity index (χ2n) is 9.43. The van der Waals surface area contributed by atoms with Crippen molar-refractivity contribution in [3.63, 3.8) is 0 Å². The first kappa shape index (κ1) is 35.2. The molecular formula is C34H31NO12. The number of ether oxygens (including phenoxy) is 6. The van der Waals surface area contributed by atoms with Crippen molar-refractivity contribution in [1.29, 1.82) is 0 Å². The third kappa shape index (κ3) is 12.0. The molecule has 3 aromatic carbocycles. The molecule has 0 amide bonds. The molecule has 0 atom stereocenters. The van der Waals surface area contributed by atoms with Crippen LogP contribution in [0.25, 0.3) is 0 Å². The van der Waals surface area contributed by atoms with Crippen LogP contribution < -0.4 is 24.7 Å². The first-order chi connectivity index (χ1) is 22.6. The fraction of sp³-hybridized carbons (Fsp3) is 0.176. The molecule has 0 aliphatic heterocycles. The SMILES string of the molecule is C=CC(=O)OCCCC(=O)Oc1ccc(C(=O)Oc2ccc(OC(=O)c3ccc(OC(=O)CCCOC(=O)C=C)cc3)c(N)c2)cc1. The van der Waals surface area contributed by atoms with Crippen LogP contribution in [-0.2, 0) is 28.7 Å². The molecule has 0 fully saturated rings. The summed E-state index contributed by atoms with van der Waals surface area (Å²) in [5.41, 5.74) is 6.35. The molecule has 244 valence electrons. The number of benzene rings is 3. The summed E-state index contributed by atoms with van der Waals surface area (Å²) in [4.78, 5) is 71.1. The van der Waals surface area contributed by atoms with Crippen LogP contribution in [0.5, 0.6) is 23.0 Å². The van der Waals surface area contributed by atoms with Gasteiger partial charge in [0.1, 0.15) is 17.2 Å². The van der Waals surface area contributed by atoms with E-state index in [1.807, 2.05) is 0 Å². The molecule has 13 heteroatoms. The lowest BCUT2D eigenvalue weighted by Crippen LogP contribution is -2.12. The molecule has 0 aliphatic rings. The topological polar surface area (TPSA) is 184 Å². The molecule has 2 N–H and O–H groups in total. The van der Waals surface area contributed by atoms with E-state index < -0.39 is 35.8 Å². The van der Waals surface area contributed by atoms with Gasteiger partial charge >= 0.3 is 35.8 Å². The van der Waals surface area contributed by atoms with Crippen molar-refractivity contribution in [1.82, 2.24) is 0 Å². The highest BCUT2D eigenvalue weighted by Crippen LogP contribution is 2.28. The molecule has 3 aromatic rings. The van der Waals surface area contributed by atoms with Gasteiger partial charge in [-0.3, -0.25) is 9.59 Å². The van der Waals surface area contributed by atoms with Crippen molar-refractivity contribution in [2.45, 2.75) is 25.7 Å². The summed E-state index contributed by atoms with van der Waals surface area (Å²) in [5.74, 6) is -3.17. The van der Waals surface area contributed by atoms with Crippen LogP contribution in [0.3, 0.4) is 0 Å². The first-order valence-corrected chi connectivity index (χ1v) is 14.1. The molecule has 0 saturated carbocycles. The Labute approximate surface area is 269 Å². The van der Waals surface area contributed by atoms with Crippen LogP contribution in [0.4, 0.5) is 5.69 Å². The fourth-order valence-electron chi connectivity index (χ4n) is 3.59. The summed E-state index contributed by atoms with van der Waals surface area (Å²) >= 11 is 0. The summed E-state index contributed by atoms with van der Waals surface area (Å²) in [6.45, 7) is 6.65. The number of nitrogen functional groups attached to an aromatic ring is 1. The van der Waals surface area contributed by atoms with Gasteiger partial charge in [-0.15, -0.1) is 0 Å². The van der Waals surface area contributed by atoms with Gasteiger partial charge in [-0.05, 0) is 73.5 Å². The predicted molar refractivity (Wildman–Crippen MR) is 166 cm³/mol. The van der Waals surface area contributed by atoms with Gasteiger partial charge in [-0.1, -0.05) is 13.2 Å². The van der Waals surface area contributed by atoms with Gasteiger partial charge in [0.25, 0.3) is 0 Å². The normalized spacial score (nSPS) is 10.1. The number of esters is 6. The van der Waals surface area contributed by atoms with Crippen LogP contribution in [-0.4, -0.2) is 49.0 Å². The maximum atomic E-state index is 12.6. The Bertz CT molecular complexity index is 1630. The second-order valence-corrected chi connectivity index (χ2v) is 9.43. The van der Waals surface area contributed by atoms with Gasteiger partial charge in [-0.2, -0.15) is 0 Å². The van der Waals surface area contributed by atoms with E-state index in [9.17, 15) is 28.8 Å². The minimum atomic E-state index is -0.736. The van der Waals surface area contributed by atoms with Gasteiger partial charge in [0.05, 0.1) is 30.0 Å². The Hall–Kier alpha value is -6.24. The summed E-state index contributed by atoms with van der Waals surface area (Å²) < 4.78 is 30.7. The summed E-state index contributed by atoms with van der Waals surface area (Å²) in [5, 5.41) is 0. The average molecular weight is 646 g/mol. The van der Waals surface area contributed by atoms with Gasteiger partial charge in [-0.25, -0.2) is 19.2 Å². The zero-order valence-corrected chi connectivity index (χ0v) is 25.1. The summed E-state index contributed by atoms with van der Waals surface area (Å²) in [6.07, 6.45) is 2.64. The van der Waals surface area contributed by atoms with E-state index in [2.05, 4.69) is 13.2 Å². The van der Waals surface area contributed by atoms with E-state index in [1.54, 1.807) is 0 Å². The zero-order chi connectivity index (χ0) is 34.2. The smallest absolute Gasteiger partial charge is 0.343 e. The maximum Gasteiger partial charge on any atom is 0.343 e. The molecule has 3 rings (SSSR count). The van der Waals surface area contributed by atoms with Crippen molar-refractivity contribution in [2.75, 3.05) is 18.9 Å². The van der Waals surface area contributed by atoms with Crippen LogP contribution in [0.15, 0.2) is 92.0 Å². The quantitative estimate of drug-likeness (QED) is 0.0754. The second kappa shape index (κ2) is 17.9. The molecule has 0 saturated heterocycles. The number of hydrogen-bond acceptors (Lipinski definition) is 13. The zero-order valence-electron chi connectivity index (χ0n) is 25.1. The maximum absolute atomic E-state index is 12.6. The summed E-state index contributed by atoms with van der Waals surface area (Å²) in [6, 6.07) is 15.4. The molecule has 47 heavy (non-hydrogen) atoms. The van der Waals surface area contributed by atoms with E-state index in [-0.39, 0.29) is 78.7 Å². The Morgan fingerprint density at radius 3 is 1.43 bits per heavy atom. The highest BCUT2D eigenvalue weighted by molar-refractivity contribution is 5.93. The first-order valence-electron chi connectivity index (χ1n) is 14.1. The minimum Gasteiger partial charge on any atom is -0.463 e. The third-order valence-electron chi connectivity index (χ3n) is 5.91. The van der Waals surface area contributed by atoms with E-state index in [0.29, 0.717) is 0 Å². The van der Waals surface area contributed by atoms with Gasteiger partial charge < -0.3 is 34.2 Å². The molecule has 0 spiro atoms. The van der Waals surface area contributed by atoms with Crippen LogP contribution in [0, 0.1) is 0 Å². The fourth-order valence-corrected chi connectivity index (χ4v) is 3.59. The van der Waals surface area contributed by atoms with Crippen molar-refractivity contribution in [3.05, 3.63) is 103 Å². The van der Waals surface area contributed by atoms with Gasteiger partial charge in [0.15, 0.2) is 5.75 Å². The van der Waals surface area contributed by atoms with Crippen LogP contribution in [0.1, 0.15) is 46.4 Å². The minimum absolute atomic E-state index is 0.0164. The molecule has 0 aromatic heterocycles. The van der Waals surface area contributed by atoms with Crippen molar-refractivity contribution in [2.24, 2.45) is 0 Å². The summed E-state index contributed by atoms with van der Waals surface area (Å²) in [7, 11) is 0. The van der Waals surface area contributed by atoms with E-state index in [0.717, 1.165) is 12.2 Å². The highest BCUT2D eigenvalue weighted by Gasteiger charge is 2.15. The van der Waals surface area contributed by atoms with Crippen LogP contribution in [0.2, 0.25) is 0 Å². The molecule has 0 unspecified atom stereocenters. The van der Waals surface area contributed by atoms with Crippen molar-refractivity contribution >= 4 is 41.5 Å². The molecule has 13 nitrogen and oxygen atoms in total. The average Bonchev–Trinajstić information content (AvgIpc) is 3.06. The Kier molecular flexibility index (Phi) is 13.4. The van der Waals surface area contributed by atoms with Crippen LogP contribution >= 0.6 is 0 Å². The Morgan fingerprint density at radius 1 is 0.574 bits per heavy atom. The lowest BCUT2D eigenvalue weighted by molar-refractivity contribution is -0.140. The van der Waals surface area contributed by atoms with Gasteiger partial charge in [0, 0.05) is 31.1 Å². The standard InChI is InChI=1S/C34H31NO12/c1-3-29(36)42-19-5-7-31(38)44-24-13-9-22(10-14-24)33(40)46-26-17-18-28(27(35)21-26)47-34(41)23-11-15-25(16-12-23)45-32(39)8-6-20-43-30(37)4-2/h3-4,9-18,21H,1-2,5-8,19-20,35H2. The van der Waals surface area contributed by atoms with Gasteiger partial charge in [0.2, 0.25) is 0 Å². The number of carbonyl (C=O) groups is 6. The monoisotopic (exact) mass is 645 g/mol. The van der Waals surface area contributed by atoms with E-state index in [4.69, 9.17) is 34.2 Å². The number of rotatable bonds is 16. The molecule has 0 heterocycles. The largest absolute Gasteiger partial charge is 0.463 e. The molecule has 0 aliphatic carbocycles. The van der Waals surface area contributed by atoms with E-state index in [1.165, 1.54) is 66.7 Å². The van der Waals surface area contributed by atoms with E-state index >= 15 is 0 Å². The van der Waals surface area contributed by atoms with Crippen molar-refractivity contribution < 1.29 is 57.2 Å². The molecular weight excluding hydrogens is 614 g/mol. The Balaban J connectivity index is 1.46. The number of anilines is 1. The number of hydrogen-bond donors (Lipinski definition) is 1. The number of carbonyl (C=O) groups excluding carboxylic acids is 6. The Morgan fingerprint density at radius 2 is 1.00 bits per heavy atom. The lowest BCUT2D eigenvalue weighted by Gasteiger charge is -2.10. The predicted octanol–water partition coefficient (Wildman–Crippen LogP) is 4.54.